The normalized spacial score (nSPS) is 10.6. The molecule has 0 bridgehead atoms. The Labute approximate surface area is 134 Å². The fourth-order valence-electron chi connectivity index (χ4n) is 2.23. The molecule has 0 radical (unpaired) electrons. The molecule has 0 fully saturated rings. The molecule has 3 aromatic rings. The van der Waals surface area contributed by atoms with E-state index in [1.807, 2.05) is 12.1 Å². The summed E-state index contributed by atoms with van der Waals surface area (Å²) in [5, 5.41) is 0.812. The summed E-state index contributed by atoms with van der Waals surface area (Å²) < 4.78 is 10.7. The predicted octanol–water partition coefficient (Wildman–Crippen LogP) is 4.01. The lowest BCUT2D eigenvalue weighted by Gasteiger charge is -2.07. The fraction of sp³-hybridized carbons (Fsp3) is 0.0588. The molecule has 22 heavy (non-hydrogen) atoms. The number of esters is 1. The van der Waals surface area contributed by atoms with Gasteiger partial charge in [0.25, 0.3) is 0 Å². The number of hydrogen-bond acceptors (Lipinski definition) is 4. The second-order valence-electron chi connectivity index (χ2n) is 4.67. The maximum absolute atomic E-state index is 12.2. The van der Waals surface area contributed by atoms with Gasteiger partial charge in [-0.2, -0.15) is 0 Å². The molecule has 110 valence electrons. The van der Waals surface area contributed by atoms with Gasteiger partial charge < -0.3 is 9.15 Å². The van der Waals surface area contributed by atoms with Crippen molar-refractivity contribution in [3.8, 4) is 11.1 Å². The zero-order valence-electron chi connectivity index (χ0n) is 11.6. The zero-order chi connectivity index (χ0) is 15.7. The van der Waals surface area contributed by atoms with Crippen molar-refractivity contribution in [1.29, 1.82) is 0 Å². The number of benzene rings is 2. The van der Waals surface area contributed by atoms with Gasteiger partial charge in [-0.3, -0.25) is 0 Å². The van der Waals surface area contributed by atoms with Crippen molar-refractivity contribution in [1.82, 2.24) is 0 Å². The molecule has 0 atom stereocenters. The van der Waals surface area contributed by atoms with Crippen LogP contribution in [0, 0.1) is 0 Å². The van der Waals surface area contributed by atoms with Gasteiger partial charge in [0, 0.05) is 15.4 Å². The molecule has 0 saturated carbocycles. The van der Waals surface area contributed by atoms with E-state index in [-0.39, 0.29) is 0 Å². The Morgan fingerprint density at radius 2 is 1.86 bits per heavy atom. The standard InChI is InChI=1S/C17H11BrO4/c1-21-16(19)11-6-7-14(18)12(9-11)13-8-10-4-2-3-5-15(10)22-17(13)20/h2-9H,1H3. The van der Waals surface area contributed by atoms with Crippen molar-refractivity contribution >= 4 is 32.9 Å². The summed E-state index contributed by atoms with van der Waals surface area (Å²) in [4.78, 5) is 23.9. The van der Waals surface area contributed by atoms with Crippen molar-refractivity contribution in [3.05, 3.63) is 69.0 Å². The predicted molar refractivity (Wildman–Crippen MR) is 87.0 cm³/mol. The highest BCUT2D eigenvalue weighted by Crippen LogP contribution is 2.29. The molecule has 0 amide bonds. The topological polar surface area (TPSA) is 56.5 Å². The molecule has 5 heteroatoms. The van der Waals surface area contributed by atoms with E-state index in [1.54, 1.807) is 36.4 Å². The minimum Gasteiger partial charge on any atom is -0.465 e. The highest BCUT2D eigenvalue weighted by molar-refractivity contribution is 9.10. The fourth-order valence-corrected chi connectivity index (χ4v) is 2.69. The largest absolute Gasteiger partial charge is 0.465 e. The summed E-state index contributed by atoms with van der Waals surface area (Å²) >= 11 is 3.40. The van der Waals surface area contributed by atoms with Gasteiger partial charge in [0.15, 0.2) is 0 Å². The summed E-state index contributed by atoms with van der Waals surface area (Å²) in [6, 6.07) is 14.0. The lowest BCUT2D eigenvalue weighted by atomic mass is 10.0. The molecule has 0 saturated heterocycles. The maximum Gasteiger partial charge on any atom is 0.344 e. The lowest BCUT2D eigenvalue weighted by molar-refractivity contribution is 0.0601. The summed E-state index contributed by atoms with van der Waals surface area (Å²) in [5.74, 6) is -0.459. The highest BCUT2D eigenvalue weighted by Gasteiger charge is 2.14. The van der Waals surface area contributed by atoms with Crippen molar-refractivity contribution in [2.24, 2.45) is 0 Å². The van der Waals surface area contributed by atoms with Crippen LogP contribution in [0.2, 0.25) is 0 Å². The monoisotopic (exact) mass is 358 g/mol. The van der Waals surface area contributed by atoms with Crippen LogP contribution >= 0.6 is 15.9 Å². The molecule has 0 N–H and O–H groups in total. The van der Waals surface area contributed by atoms with Gasteiger partial charge in [0.1, 0.15) is 5.58 Å². The van der Waals surface area contributed by atoms with Crippen molar-refractivity contribution in [2.75, 3.05) is 7.11 Å². The first-order valence-corrected chi connectivity index (χ1v) is 7.30. The Kier molecular flexibility index (Phi) is 3.81. The van der Waals surface area contributed by atoms with Crippen molar-refractivity contribution in [3.63, 3.8) is 0 Å². The van der Waals surface area contributed by atoms with Crippen molar-refractivity contribution < 1.29 is 13.9 Å². The Balaban J connectivity index is 2.24. The molecule has 0 aliphatic heterocycles. The van der Waals surface area contributed by atoms with E-state index in [4.69, 9.17) is 9.15 Å². The van der Waals surface area contributed by atoms with Crippen LogP contribution in [-0.2, 0) is 4.74 Å². The molecule has 1 aromatic heterocycles. The Hall–Kier alpha value is -2.40. The van der Waals surface area contributed by atoms with Gasteiger partial charge in [0.2, 0.25) is 0 Å². The number of methoxy groups -OCH3 is 1. The quantitative estimate of drug-likeness (QED) is 0.513. The zero-order valence-corrected chi connectivity index (χ0v) is 13.2. The van der Waals surface area contributed by atoms with Gasteiger partial charge in [-0.25, -0.2) is 9.59 Å². The van der Waals surface area contributed by atoms with Gasteiger partial charge in [-0.1, -0.05) is 34.1 Å². The minimum absolute atomic E-state index is 0.369. The number of para-hydroxylation sites is 1. The molecule has 3 rings (SSSR count). The Bertz CT molecular complexity index is 927. The van der Waals surface area contributed by atoms with Gasteiger partial charge >= 0.3 is 11.6 Å². The summed E-state index contributed by atoms with van der Waals surface area (Å²) in [6.45, 7) is 0. The molecular formula is C17H11BrO4. The summed E-state index contributed by atoms with van der Waals surface area (Å²) in [6.07, 6.45) is 0. The van der Waals surface area contributed by atoms with Crippen molar-refractivity contribution in [2.45, 2.75) is 0 Å². The first kappa shape index (κ1) is 14.5. The first-order chi connectivity index (χ1) is 10.6. The SMILES string of the molecule is COC(=O)c1ccc(Br)c(-c2cc3ccccc3oc2=O)c1. The third kappa shape index (κ3) is 2.55. The van der Waals surface area contributed by atoms with E-state index >= 15 is 0 Å². The third-order valence-electron chi connectivity index (χ3n) is 3.32. The Morgan fingerprint density at radius 1 is 1.09 bits per heavy atom. The maximum atomic E-state index is 12.2. The number of carbonyl (C=O) groups is 1. The summed E-state index contributed by atoms with van der Waals surface area (Å²) in [7, 11) is 1.31. The average molecular weight is 359 g/mol. The smallest absolute Gasteiger partial charge is 0.344 e. The van der Waals surface area contributed by atoms with E-state index in [1.165, 1.54) is 7.11 Å². The van der Waals surface area contributed by atoms with Crippen LogP contribution in [0.15, 0.2) is 62.2 Å². The van der Waals surface area contributed by atoms with Crippen LogP contribution in [0.4, 0.5) is 0 Å². The van der Waals surface area contributed by atoms with E-state index in [0.29, 0.717) is 26.7 Å². The van der Waals surface area contributed by atoms with Crippen LogP contribution in [0.5, 0.6) is 0 Å². The van der Waals surface area contributed by atoms with Crippen LogP contribution in [-0.4, -0.2) is 13.1 Å². The van der Waals surface area contributed by atoms with E-state index < -0.39 is 11.6 Å². The number of halogens is 1. The molecule has 0 spiro atoms. The molecule has 0 aliphatic carbocycles. The number of carbonyl (C=O) groups excluding carboxylic acids is 1. The van der Waals surface area contributed by atoms with E-state index in [0.717, 1.165) is 5.39 Å². The summed E-state index contributed by atoms with van der Waals surface area (Å²) in [5.41, 5.74) is 1.41. The van der Waals surface area contributed by atoms with E-state index in [2.05, 4.69) is 15.9 Å². The van der Waals surface area contributed by atoms with Crippen LogP contribution in [0.1, 0.15) is 10.4 Å². The molecular weight excluding hydrogens is 348 g/mol. The minimum atomic E-state index is -0.459. The number of ether oxygens (including phenoxy) is 1. The molecule has 1 heterocycles. The molecule has 4 nitrogen and oxygen atoms in total. The van der Waals surface area contributed by atoms with Gasteiger partial charge in [-0.15, -0.1) is 0 Å². The number of hydrogen-bond donors (Lipinski definition) is 0. The van der Waals surface area contributed by atoms with E-state index in [9.17, 15) is 9.59 Å². The number of fused-ring (bicyclic) bond motifs is 1. The second-order valence-corrected chi connectivity index (χ2v) is 5.53. The average Bonchev–Trinajstić information content (AvgIpc) is 2.54. The molecule has 0 aliphatic rings. The third-order valence-corrected chi connectivity index (χ3v) is 4.01. The molecule has 2 aromatic carbocycles. The molecule has 0 unspecified atom stereocenters. The first-order valence-electron chi connectivity index (χ1n) is 6.51. The lowest BCUT2D eigenvalue weighted by Crippen LogP contribution is -2.05. The van der Waals surface area contributed by atoms with Crippen LogP contribution < -0.4 is 5.63 Å². The highest BCUT2D eigenvalue weighted by atomic mass is 79.9. The van der Waals surface area contributed by atoms with Crippen LogP contribution in [0.3, 0.4) is 0 Å². The number of rotatable bonds is 2. The van der Waals surface area contributed by atoms with Gasteiger partial charge in [-0.05, 0) is 30.3 Å². The second kappa shape index (κ2) is 5.77. The van der Waals surface area contributed by atoms with Crippen LogP contribution in [0.25, 0.3) is 22.1 Å². The Morgan fingerprint density at radius 3 is 2.64 bits per heavy atom. The van der Waals surface area contributed by atoms with Gasteiger partial charge in [0.05, 0.1) is 18.2 Å².